The molecule has 3 aromatic rings. The molecule has 1 aromatic carbocycles. The Morgan fingerprint density at radius 2 is 1.76 bits per heavy atom. The Hall–Kier alpha value is -2.41. The van der Waals surface area contributed by atoms with Crippen molar-refractivity contribution in [3.05, 3.63) is 51.8 Å². The van der Waals surface area contributed by atoms with E-state index in [9.17, 15) is 4.79 Å². The van der Waals surface area contributed by atoms with Crippen LogP contribution in [0.3, 0.4) is 0 Å². The summed E-state index contributed by atoms with van der Waals surface area (Å²) in [6.45, 7) is 13.1. The van der Waals surface area contributed by atoms with Crippen molar-refractivity contribution in [1.29, 1.82) is 0 Å². The largest absolute Gasteiger partial charge is 0.467 e. The van der Waals surface area contributed by atoms with E-state index in [-0.39, 0.29) is 0 Å². The van der Waals surface area contributed by atoms with Gasteiger partial charge in [0.15, 0.2) is 6.10 Å². The van der Waals surface area contributed by atoms with E-state index in [1.807, 2.05) is 52.0 Å². The number of aryl methyl sites for hydroxylation is 2. The van der Waals surface area contributed by atoms with Crippen LogP contribution in [-0.4, -0.2) is 41.9 Å². The van der Waals surface area contributed by atoms with E-state index >= 15 is 0 Å². The van der Waals surface area contributed by atoms with Crippen molar-refractivity contribution in [2.24, 2.45) is 0 Å². The van der Waals surface area contributed by atoms with Gasteiger partial charge in [-0.15, -0.1) is 0 Å². The fourth-order valence-corrected chi connectivity index (χ4v) is 4.30. The summed E-state index contributed by atoms with van der Waals surface area (Å²) in [6, 6.07) is 7.63. The van der Waals surface area contributed by atoms with Crippen molar-refractivity contribution in [1.82, 2.24) is 9.55 Å². The van der Waals surface area contributed by atoms with Gasteiger partial charge in [-0.2, -0.15) is 0 Å². The molecule has 0 radical (unpaired) electrons. The lowest BCUT2D eigenvalue weighted by Gasteiger charge is -2.28. The number of esters is 1. The second-order valence-corrected chi connectivity index (χ2v) is 9.62. The summed E-state index contributed by atoms with van der Waals surface area (Å²) >= 11 is 6.20. The minimum Gasteiger partial charge on any atom is -0.467 e. The number of rotatable bonds is 7. The number of fused-ring (bicyclic) bond motifs is 1. The molecular formula is C26H33ClN2O4. The van der Waals surface area contributed by atoms with E-state index in [0.29, 0.717) is 29.4 Å². The van der Waals surface area contributed by atoms with Crippen molar-refractivity contribution in [2.75, 3.05) is 20.8 Å². The quantitative estimate of drug-likeness (QED) is 0.397. The maximum atomic E-state index is 13.0. The van der Waals surface area contributed by atoms with E-state index in [2.05, 4.69) is 18.4 Å². The van der Waals surface area contributed by atoms with Gasteiger partial charge >= 0.3 is 5.97 Å². The molecule has 0 bridgehead atoms. The van der Waals surface area contributed by atoms with Gasteiger partial charge in [0.2, 0.25) is 0 Å². The minimum absolute atomic E-state index is 0.461. The van der Waals surface area contributed by atoms with E-state index in [1.54, 1.807) is 7.11 Å². The lowest BCUT2D eigenvalue weighted by Crippen LogP contribution is -2.29. The van der Waals surface area contributed by atoms with Gasteiger partial charge in [0, 0.05) is 46.6 Å². The molecule has 0 aliphatic heterocycles. The summed E-state index contributed by atoms with van der Waals surface area (Å²) < 4.78 is 18.9. The average Bonchev–Trinajstić information content (AvgIpc) is 2.98. The van der Waals surface area contributed by atoms with Crippen LogP contribution in [0, 0.1) is 20.8 Å². The van der Waals surface area contributed by atoms with E-state index in [4.69, 9.17) is 30.8 Å². The van der Waals surface area contributed by atoms with Crippen LogP contribution in [0.4, 0.5) is 0 Å². The van der Waals surface area contributed by atoms with Crippen LogP contribution in [0.2, 0.25) is 5.02 Å². The molecule has 2 heterocycles. The second-order valence-electron chi connectivity index (χ2n) is 9.18. The number of benzene rings is 1. The monoisotopic (exact) mass is 472 g/mol. The highest BCUT2D eigenvalue weighted by atomic mass is 35.5. The average molecular weight is 473 g/mol. The summed E-state index contributed by atoms with van der Waals surface area (Å²) in [7, 11) is 3.07. The number of nitrogens with zero attached hydrogens (tertiary/aromatic N) is 2. The number of hydrogen-bond donors (Lipinski definition) is 0. The predicted molar refractivity (Wildman–Crippen MR) is 132 cm³/mol. The molecule has 0 spiro atoms. The molecule has 0 aliphatic rings. The lowest BCUT2D eigenvalue weighted by atomic mass is 9.91. The summed E-state index contributed by atoms with van der Waals surface area (Å²) in [6.07, 6.45) is -0.931. The van der Waals surface area contributed by atoms with Gasteiger partial charge in [-0.05, 0) is 64.8 Å². The topological polar surface area (TPSA) is 62.6 Å². The molecule has 0 N–H and O–H groups in total. The fourth-order valence-electron chi connectivity index (χ4n) is 4.17. The smallest absolute Gasteiger partial charge is 0.339 e. The molecule has 178 valence electrons. The molecule has 0 saturated carbocycles. The summed E-state index contributed by atoms with van der Waals surface area (Å²) in [4.78, 5) is 18.0. The van der Waals surface area contributed by atoms with Crippen LogP contribution in [0.1, 0.15) is 49.4 Å². The van der Waals surface area contributed by atoms with Gasteiger partial charge in [-0.1, -0.05) is 23.7 Å². The van der Waals surface area contributed by atoms with Gasteiger partial charge in [0.05, 0.1) is 19.3 Å². The predicted octanol–water partition coefficient (Wildman–Crippen LogP) is 5.96. The third kappa shape index (κ3) is 5.08. The standard InChI is InChI=1S/C26H33ClN2O4/c1-15-17(3)29(13-14-31-7)24-20(15)22(18-9-11-19(27)12-10-18)21(16(2)28-24)23(25(30)32-8)33-26(4,5)6/h9-12,23H,13-14H2,1-8H3/t23-/m0/s1. The molecule has 6 nitrogen and oxygen atoms in total. The molecule has 2 aromatic heterocycles. The van der Waals surface area contributed by atoms with Crippen molar-refractivity contribution >= 4 is 28.6 Å². The normalized spacial score (nSPS) is 12.9. The van der Waals surface area contributed by atoms with E-state index < -0.39 is 17.7 Å². The first-order chi connectivity index (χ1) is 15.5. The molecule has 0 saturated heterocycles. The zero-order chi connectivity index (χ0) is 24.5. The Morgan fingerprint density at radius 3 is 2.30 bits per heavy atom. The maximum Gasteiger partial charge on any atom is 0.339 e. The lowest BCUT2D eigenvalue weighted by molar-refractivity contribution is -0.164. The SMILES string of the molecule is COCCn1c(C)c(C)c2c(-c3ccc(Cl)cc3)c([C@H](OC(C)(C)C)C(=O)OC)c(C)nc21. The molecule has 7 heteroatoms. The minimum atomic E-state index is -0.931. The Bertz CT molecular complexity index is 1160. The van der Waals surface area contributed by atoms with Gasteiger partial charge in [0.25, 0.3) is 0 Å². The van der Waals surface area contributed by atoms with Crippen molar-refractivity contribution in [3.63, 3.8) is 0 Å². The molecule has 3 rings (SSSR count). The Labute approximate surface area is 200 Å². The van der Waals surface area contributed by atoms with Crippen LogP contribution in [-0.2, 0) is 25.5 Å². The molecule has 0 fully saturated rings. The molecule has 0 unspecified atom stereocenters. The number of methoxy groups -OCH3 is 2. The van der Waals surface area contributed by atoms with Crippen molar-refractivity contribution in [3.8, 4) is 11.1 Å². The Balaban J connectivity index is 2.45. The van der Waals surface area contributed by atoms with Gasteiger partial charge in [-0.3, -0.25) is 0 Å². The number of ether oxygens (including phenoxy) is 3. The highest BCUT2D eigenvalue weighted by Gasteiger charge is 2.34. The third-order valence-electron chi connectivity index (χ3n) is 5.79. The van der Waals surface area contributed by atoms with Gasteiger partial charge in [-0.25, -0.2) is 9.78 Å². The summed E-state index contributed by atoms with van der Waals surface area (Å²) in [5, 5.41) is 1.63. The zero-order valence-corrected chi connectivity index (χ0v) is 21.5. The third-order valence-corrected chi connectivity index (χ3v) is 6.04. The highest BCUT2D eigenvalue weighted by Crippen LogP contribution is 2.42. The Morgan fingerprint density at radius 1 is 1.12 bits per heavy atom. The zero-order valence-electron chi connectivity index (χ0n) is 20.7. The number of pyridine rings is 1. The number of aromatic nitrogens is 2. The van der Waals surface area contributed by atoms with Crippen LogP contribution in [0.5, 0.6) is 0 Å². The molecule has 33 heavy (non-hydrogen) atoms. The van der Waals surface area contributed by atoms with Gasteiger partial charge < -0.3 is 18.8 Å². The van der Waals surface area contributed by atoms with Crippen molar-refractivity contribution < 1.29 is 19.0 Å². The van der Waals surface area contributed by atoms with Crippen LogP contribution in [0.15, 0.2) is 24.3 Å². The Kier molecular flexibility index (Phi) is 7.52. The van der Waals surface area contributed by atoms with Gasteiger partial charge in [0.1, 0.15) is 5.65 Å². The van der Waals surface area contributed by atoms with Crippen molar-refractivity contribution in [2.45, 2.75) is 59.8 Å². The van der Waals surface area contributed by atoms with Crippen LogP contribution >= 0.6 is 11.6 Å². The van der Waals surface area contributed by atoms with Crippen LogP contribution in [0.25, 0.3) is 22.2 Å². The number of carbonyl (C=O) groups is 1. The van der Waals surface area contributed by atoms with E-state index in [1.165, 1.54) is 7.11 Å². The first-order valence-corrected chi connectivity index (χ1v) is 11.4. The summed E-state index contributed by atoms with van der Waals surface area (Å²) in [5.74, 6) is -0.461. The number of hydrogen-bond acceptors (Lipinski definition) is 5. The maximum absolute atomic E-state index is 13.0. The molecular weight excluding hydrogens is 440 g/mol. The number of halogens is 1. The highest BCUT2D eigenvalue weighted by molar-refractivity contribution is 6.30. The first-order valence-electron chi connectivity index (χ1n) is 11.0. The number of carbonyl (C=O) groups excluding carboxylic acids is 1. The molecule has 0 aliphatic carbocycles. The first kappa shape index (κ1) is 25.2. The second kappa shape index (κ2) is 9.84. The van der Waals surface area contributed by atoms with E-state index in [0.717, 1.165) is 33.4 Å². The van der Waals surface area contributed by atoms with Crippen LogP contribution < -0.4 is 0 Å². The summed E-state index contributed by atoms with van der Waals surface area (Å²) in [5.41, 5.74) is 5.74. The molecule has 0 amide bonds. The fraction of sp³-hybridized carbons (Fsp3) is 0.462. The molecule has 1 atom stereocenters.